The third kappa shape index (κ3) is 3.95. The Hall–Kier alpha value is -1.34. The number of aliphatic hydroxyl groups excluding tert-OH is 2. The Morgan fingerprint density at radius 1 is 1.07 bits per heavy atom. The van der Waals surface area contributed by atoms with Crippen molar-refractivity contribution in [2.24, 2.45) is 46.8 Å². The van der Waals surface area contributed by atoms with Crippen molar-refractivity contribution < 1.29 is 49.3 Å². The van der Waals surface area contributed by atoms with Crippen molar-refractivity contribution in [1.82, 2.24) is 4.90 Å². The molecule has 3 aliphatic heterocycles. The summed E-state index contributed by atoms with van der Waals surface area (Å²) in [6.07, 6.45) is -1.41. The van der Waals surface area contributed by atoms with Crippen LogP contribution in [0.2, 0.25) is 0 Å². The Morgan fingerprint density at radius 3 is 2.44 bits per heavy atom. The molecule has 4 bridgehead atoms. The molecule has 254 valence electrons. The molecule has 17 unspecified atom stereocenters. The van der Waals surface area contributed by atoms with Crippen molar-refractivity contribution in [1.29, 1.82) is 0 Å². The summed E-state index contributed by atoms with van der Waals surface area (Å²) >= 11 is 0. The lowest BCUT2D eigenvalue weighted by atomic mass is 9.49. The van der Waals surface area contributed by atoms with Gasteiger partial charge >= 0.3 is 11.9 Å². The summed E-state index contributed by atoms with van der Waals surface area (Å²) in [6.45, 7) is 12.3. The van der Waals surface area contributed by atoms with Gasteiger partial charge in [-0.25, -0.2) is 0 Å². The maximum absolute atomic E-state index is 13.4. The average Bonchev–Trinajstić information content (AvgIpc) is 3.24. The van der Waals surface area contributed by atoms with Crippen molar-refractivity contribution in [3.05, 3.63) is 0 Å². The van der Waals surface area contributed by atoms with Crippen LogP contribution in [0.3, 0.4) is 0 Å². The molecule has 4 aliphatic carbocycles. The number of carbonyl (C=O) groups excluding carboxylic acids is 2. The summed E-state index contributed by atoms with van der Waals surface area (Å²) in [5, 5.41) is 62.0. The van der Waals surface area contributed by atoms with E-state index in [0.717, 1.165) is 19.4 Å². The molecule has 17 atom stereocenters. The lowest BCUT2D eigenvalue weighted by Crippen LogP contribution is -2.77. The molecule has 0 radical (unpaired) electrons. The number of aliphatic hydroxyl groups is 5. The van der Waals surface area contributed by atoms with E-state index in [-0.39, 0.29) is 18.9 Å². The average molecular weight is 636 g/mol. The van der Waals surface area contributed by atoms with Crippen LogP contribution >= 0.6 is 0 Å². The lowest BCUT2D eigenvalue weighted by molar-refractivity contribution is -0.298. The van der Waals surface area contributed by atoms with Crippen molar-refractivity contribution in [3.8, 4) is 0 Å². The monoisotopic (exact) mass is 635 g/mol. The fourth-order valence-corrected chi connectivity index (χ4v) is 12.2. The van der Waals surface area contributed by atoms with Crippen LogP contribution in [-0.2, 0) is 23.8 Å². The minimum Gasteiger partial charge on any atom is -0.459 e. The molecule has 0 aromatic heterocycles. The van der Waals surface area contributed by atoms with E-state index in [0.29, 0.717) is 31.7 Å². The molecule has 3 heterocycles. The molecular weight excluding hydrogens is 582 g/mol. The number of fused-ring (bicyclic) bond motifs is 5. The fourth-order valence-electron chi connectivity index (χ4n) is 12.2. The predicted molar refractivity (Wildman–Crippen MR) is 159 cm³/mol. The van der Waals surface area contributed by atoms with Gasteiger partial charge in [-0.05, 0) is 69.6 Å². The highest BCUT2D eigenvalue weighted by Gasteiger charge is 2.87. The zero-order valence-electron chi connectivity index (χ0n) is 27.5. The molecule has 11 nitrogen and oxygen atoms in total. The SMILES string of the molecule is CCC(C)C(=O)OC1C2C(CN3CC(C)CCC3C2(C)O)C2CC34OC5(O)C(OC(C)=O)CCC3(C)C5CC(O)C4C2(O)C1O. The zero-order valence-corrected chi connectivity index (χ0v) is 27.5. The molecule has 1 spiro atoms. The summed E-state index contributed by atoms with van der Waals surface area (Å²) in [4.78, 5) is 27.7. The molecular formula is C34H53NO10. The first-order chi connectivity index (χ1) is 21.0. The van der Waals surface area contributed by atoms with Gasteiger partial charge in [-0.15, -0.1) is 0 Å². The molecule has 0 aromatic carbocycles. The highest BCUT2D eigenvalue weighted by molar-refractivity contribution is 5.72. The summed E-state index contributed by atoms with van der Waals surface area (Å²) < 4.78 is 18.5. The fraction of sp³-hybridized carbons (Fsp3) is 0.941. The van der Waals surface area contributed by atoms with Crippen LogP contribution in [0, 0.1) is 46.8 Å². The van der Waals surface area contributed by atoms with Crippen LogP contribution in [0.1, 0.15) is 86.5 Å². The number of rotatable bonds is 4. The van der Waals surface area contributed by atoms with Gasteiger partial charge in [0.25, 0.3) is 0 Å². The Balaban J connectivity index is 1.37. The molecule has 11 heteroatoms. The van der Waals surface area contributed by atoms with Gasteiger partial charge in [0.2, 0.25) is 5.79 Å². The largest absolute Gasteiger partial charge is 0.459 e. The van der Waals surface area contributed by atoms with E-state index in [4.69, 9.17) is 14.2 Å². The number of piperidine rings is 2. The normalized spacial score (nSPS) is 57.2. The highest BCUT2D eigenvalue weighted by Crippen LogP contribution is 2.77. The number of carbonyl (C=O) groups is 2. The van der Waals surface area contributed by atoms with Crippen LogP contribution in [-0.4, -0.2) is 109 Å². The Bertz CT molecular complexity index is 1250. The van der Waals surface area contributed by atoms with Gasteiger partial charge in [-0.2, -0.15) is 0 Å². The van der Waals surface area contributed by atoms with Crippen molar-refractivity contribution >= 4 is 11.9 Å². The molecule has 3 saturated heterocycles. The molecule has 7 aliphatic rings. The van der Waals surface area contributed by atoms with E-state index >= 15 is 0 Å². The zero-order chi connectivity index (χ0) is 32.6. The summed E-state index contributed by atoms with van der Waals surface area (Å²) in [5.74, 6) is -6.18. The second-order valence-electron chi connectivity index (χ2n) is 16.6. The van der Waals surface area contributed by atoms with Gasteiger partial charge in [0.15, 0.2) is 6.10 Å². The van der Waals surface area contributed by atoms with Gasteiger partial charge in [0, 0.05) is 49.2 Å². The van der Waals surface area contributed by atoms with Crippen molar-refractivity contribution in [2.45, 2.75) is 140 Å². The maximum atomic E-state index is 13.4. The number of hydrogen-bond acceptors (Lipinski definition) is 11. The lowest BCUT2D eigenvalue weighted by Gasteiger charge is -2.64. The van der Waals surface area contributed by atoms with E-state index < -0.39 is 99.9 Å². The highest BCUT2D eigenvalue weighted by atomic mass is 16.7. The Kier molecular flexibility index (Phi) is 7.22. The number of hydrogen-bond donors (Lipinski definition) is 5. The third-order valence-electron chi connectivity index (χ3n) is 14.4. The van der Waals surface area contributed by atoms with Gasteiger partial charge in [-0.1, -0.05) is 27.7 Å². The van der Waals surface area contributed by atoms with E-state index in [1.165, 1.54) is 6.92 Å². The van der Waals surface area contributed by atoms with E-state index in [9.17, 15) is 35.1 Å². The quantitative estimate of drug-likeness (QED) is 0.283. The Morgan fingerprint density at radius 2 is 1.78 bits per heavy atom. The molecule has 45 heavy (non-hydrogen) atoms. The van der Waals surface area contributed by atoms with Gasteiger partial charge in [0.05, 0.1) is 23.2 Å². The molecule has 7 fully saturated rings. The summed E-state index contributed by atoms with van der Waals surface area (Å²) in [5.41, 5.74) is -5.23. The van der Waals surface area contributed by atoms with Crippen LogP contribution < -0.4 is 0 Å². The molecule has 4 saturated carbocycles. The van der Waals surface area contributed by atoms with Gasteiger partial charge in [-0.3, -0.25) is 14.5 Å². The molecule has 5 N–H and O–H groups in total. The van der Waals surface area contributed by atoms with Crippen molar-refractivity contribution in [3.63, 3.8) is 0 Å². The van der Waals surface area contributed by atoms with Crippen molar-refractivity contribution in [2.75, 3.05) is 13.1 Å². The molecule has 0 aromatic rings. The predicted octanol–water partition coefficient (Wildman–Crippen LogP) is 1.35. The topological polar surface area (TPSA) is 166 Å². The first-order valence-electron chi connectivity index (χ1n) is 17.3. The summed E-state index contributed by atoms with van der Waals surface area (Å²) in [6, 6.07) is -0.195. The van der Waals surface area contributed by atoms with E-state index in [1.54, 1.807) is 13.8 Å². The second-order valence-corrected chi connectivity index (χ2v) is 16.6. The summed E-state index contributed by atoms with van der Waals surface area (Å²) in [7, 11) is 0. The third-order valence-corrected chi connectivity index (χ3v) is 14.4. The van der Waals surface area contributed by atoms with Crippen LogP contribution in [0.25, 0.3) is 0 Å². The first kappa shape index (κ1) is 32.2. The minimum absolute atomic E-state index is 0.0911. The first-order valence-corrected chi connectivity index (χ1v) is 17.3. The standard InChI is InChI=1S/C34H53NO10/c1-7-17(3)29(39)44-26-25-19(15-35-14-16(2)8-9-23(35)31(25,6)40)20-13-32-27(33(20,41)28(26)38)21(37)12-22-30(32,5)11-10-24(43-18(4)36)34(22,42)45-32/h16-17,19-28,37-38,40-42H,7-15H2,1-6H3. The van der Waals surface area contributed by atoms with Crippen LogP contribution in [0.5, 0.6) is 0 Å². The van der Waals surface area contributed by atoms with E-state index in [2.05, 4.69) is 11.8 Å². The van der Waals surface area contributed by atoms with E-state index in [1.807, 2.05) is 13.8 Å². The van der Waals surface area contributed by atoms with Crippen LogP contribution in [0.15, 0.2) is 0 Å². The maximum Gasteiger partial charge on any atom is 0.309 e. The van der Waals surface area contributed by atoms with Gasteiger partial charge < -0.3 is 39.7 Å². The molecule has 7 rings (SSSR count). The number of esters is 2. The number of ether oxygens (including phenoxy) is 3. The van der Waals surface area contributed by atoms with Crippen LogP contribution in [0.4, 0.5) is 0 Å². The van der Waals surface area contributed by atoms with Gasteiger partial charge in [0.1, 0.15) is 17.8 Å². The second kappa shape index (κ2) is 10.1. The Labute approximate surface area is 265 Å². The molecule has 0 amide bonds. The minimum atomic E-state index is -1.94. The number of nitrogens with zero attached hydrogens (tertiary/aromatic N) is 1. The smallest absolute Gasteiger partial charge is 0.309 e.